The molecule has 2 rings (SSSR count). The van der Waals surface area contributed by atoms with E-state index >= 15 is 0 Å². The quantitative estimate of drug-likeness (QED) is 0.561. The molecule has 1 aliphatic rings. The number of rotatable bonds is 7. The third kappa shape index (κ3) is 5.44. The molecule has 0 fully saturated rings. The van der Waals surface area contributed by atoms with E-state index in [-0.39, 0.29) is 35.3 Å². The average molecular weight is 342 g/mol. The van der Waals surface area contributed by atoms with Gasteiger partial charge >= 0.3 is 0 Å². The molecule has 0 aromatic heterocycles. The molecule has 0 spiro atoms. The maximum Gasteiger partial charge on any atom is 0.278 e. The van der Waals surface area contributed by atoms with Gasteiger partial charge in [-0.15, -0.1) is 11.8 Å². The normalized spacial score (nSPS) is 13.9. The summed E-state index contributed by atoms with van der Waals surface area (Å²) in [6.45, 7) is 2.60. The van der Waals surface area contributed by atoms with Crippen molar-refractivity contribution in [2.45, 2.75) is 18.2 Å². The van der Waals surface area contributed by atoms with Gasteiger partial charge in [0.25, 0.3) is 10.1 Å². The molecule has 0 N–H and O–H groups in total. The first-order valence-electron chi connectivity index (χ1n) is 6.13. The van der Waals surface area contributed by atoms with Crippen molar-refractivity contribution >= 4 is 69.2 Å². The molecule has 1 heterocycles. The largest absolute Gasteiger partial charge is 0.361 e. The van der Waals surface area contributed by atoms with Gasteiger partial charge in [-0.1, -0.05) is 19.1 Å². The number of hydrogen-bond acceptors (Lipinski definition) is 6. The molecule has 107 valence electrons. The van der Waals surface area contributed by atoms with E-state index in [1.54, 1.807) is 11.8 Å². The van der Waals surface area contributed by atoms with Crippen molar-refractivity contribution in [3.63, 3.8) is 0 Å². The monoisotopic (exact) mass is 342 g/mol. The van der Waals surface area contributed by atoms with Gasteiger partial charge in [-0.2, -0.15) is 12.0 Å². The molecule has 0 aliphatic carbocycles. The van der Waals surface area contributed by atoms with E-state index in [2.05, 4.69) is 17.0 Å². The maximum absolute atomic E-state index is 11.5. The van der Waals surface area contributed by atoms with Crippen LogP contribution in [0.25, 0.3) is 0 Å². The zero-order chi connectivity index (χ0) is 13.7. The fourth-order valence-corrected chi connectivity index (χ4v) is 4.64. The Morgan fingerprint density at radius 1 is 1.40 bits per heavy atom. The van der Waals surface area contributed by atoms with E-state index in [4.69, 9.17) is 3.63 Å². The van der Waals surface area contributed by atoms with Gasteiger partial charge < -0.3 is 4.90 Å². The Bertz CT molecular complexity index is 524. The van der Waals surface area contributed by atoms with Crippen LogP contribution in [0.3, 0.4) is 0 Å². The molecule has 1 aromatic carbocycles. The van der Waals surface area contributed by atoms with Crippen LogP contribution >= 0.6 is 23.8 Å². The standard InChI is InChI=1S/C12H17NO3S3.Na/c1-2-18-16-19(14,15)9-5-8-13-10-17-12-7-4-3-6-11(12)13;/h3-4,6-7H,2,5,8-10H2,1H3;. The van der Waals surface area contributed by atoms with Crippen molar-refractivity contribution in [3.8, 4) is 0 Å². The van der Waals surface area contributed by atoms with Gasteiger partial charge in [-0.3, -0.25) is 0 Å². The molecule has 1 radical (unpaired) electrons. The van der Waals surface area contributed by atoms with Crippen molar-refractivity contribution in [2.75, 3.05) is 28.8 Å². The third-order valence-corrected chi connectivity index (χ3v) is 6.01. The van der Waals surface area contributed by atoms with Crippen LogP contribution in [-0.2, 0) is 13.7 Å². The minimum absolute atomic E-state index is 0. The second kappa shape index (κ2) is 8.92. The average Bonchev–Trinajstić information content (AvgIpc) is 2.80. The third-order valence-electron chi connectivity index (χ3n) is 2.67. The number of anilines is 1. The first-order valence-corrected chi connectivity index (χ1v) is 9.60. The molecule has 0 atom stereocenters. The van der Waals surface area contributed by atoms with Gasteiger partial charge in [0.1, 0.15) is 0 Å². The molecule has 8 heteroatoms. The minimum atomic E-state index is -3.38. The Morgan fingerprint density at radius 2 is 2.15 bits per heavy atom. The molecule has 20 heavy (non-hydrogen) atoms. The first-order chi connectivity index (χ1) is 9.12. The molecule has 0 saturated heterocycles. The molecule has 0 amide bonds. The Morgan fingerprint density at radius 3 is 2.90 bits per heavy atom. The van der Waals surface area contributed by atoms with Crippen molar-refractivity contribution < 1.29 is 12.0 Å². The van der Waals surface area contributed by atoms with E-state index in [0.29, 0.717) is 12.2 Å². The summed E-state index contributed by atoms with van der Waals surface area (Å²) in [5.41, 5.74) is 1.20. The second-order valence-corrected chi connectivity index (χ2v) is 7.96. The van der Waals surface area contributed by atoms with Gasteiger partial charge in [0.05, 0.1) is 17.3 Å². The molecular formula is C12H17NNaO3S3. The summed E-state index contributed by atoms with van der Waals surface area (Å²) in [5, 5.41) is 0. The van der Waals surface area contributed by atoms with Crippen molar-refractivity contribution in [1.29, 1.82) is 0 Å². The van der Waals surface area contributed by atoms with Crippen LogP contribution in [0.4, 0.5) is 5.69 Å². The molecule has 4 nitrogen and oxygen atoms in total. The van der Waals surface area contributed by atoms with Crippen LogP contribution in [0.1, 0.15) is 13.3 Å². The zero-order valence-corrected chi connectivity index (χ0v) is 16.2. The summed E-state index contributed by atoms with van der Waals surface area (Å²) in [5.74, 6) is 1.60. The summed E-state index contributed by atoms with van der Waals surface area (Å²) >= 11 is 2.77. The van der Waals surface area contributed by atoms with Gasteiger partial charge in [-0.05, 0) is 18.6 Å². The molecule has 0 bridgehead atoms. The number of para-hydroxylation sites is 1. The first kappa shape index (κ1) is 18.7. The fourth-order valence-electron chi connectivity index (χ4n) is 1.83. The predicted molar refractivity (Wildman–Crippen MR) is 87.9 cm³/mol. The molecule has 0 saturated carbocycles. The van der Waals surface area contributed by atoms with Crippen LogP contribution < -0.4 is 4.90 Å². The topological polar surface area (TPSA) is 46.6 Å². The van der Waals surface area contributed by atoms with Crippen molar-refractivity contribution in [3.05, 3.63) is 24.3 Å². The molecule has 1 aliphatic heterocycles. The van der Waals surface area contributed by atoms with Crippen LogP contribution in [0.5, 0.6) is 0 Å². The Balaban J connectivity index is 0.00000200. The summed E-state index contributed by atoms with van der Waals surface area (Å²) in [6.07, 6.45) is 0.585. The fraction of sp³-hybridized carbons (Fsp3) is 0.500. The summed E-state index contributed by atoms with van der Waals surface area (Å²) in [4.78, 5) is 3.48. The molecule has 0 unspecified atom stereocenters. The van der Waals surface area contributed by atoms with E-state index in [1.807, 2.05) is 19.1 Å². The summed E-state index contributed by atoms with van der Waals surface area (Å²) < 4.78 is 27.9. The Hall–Kier alpha value is 0.630. The predicted octanol–water partition coefficient (Wildman–Crippen LogP) is 2.58. The van der Waals surface area contributed by atoms with E-state index in [1.165, 1.54) is 10.6 Å². The van der Waals surface area contributed by atoms with Gasteiger partial charge in [0.2, 0.25) is 0 Å². The maximum atomic E-state index is 11.5. The SMILES string of the molecule is CCSOS(=O)(=O)CCCN1CSc2ccccc21.[Na]. The number of fused-ring (bicyclic) bond motifs is 1. The zero-order valence-electron chi connectivity index (χ0n) is 11.7. The van der Waals surface area contributed by atoms with Crippen molar-refractivity contribution in [2.24, 2.45) is 0 Å². The van der Waals surface area contributed by atoms with Gasteiger partial charge in [0.15, 0.2) is 0 Å². The van der Waals surface area contributed by atoms with E-state index in [9.17, 15) is 8.42 Å². The van der Waals surface area contributed by atoms with Crippen LogP contribution in [-0.4, -0.2) is 61.9 Å². The number of hydrogen-bond donors (Lipinski definition) is 0. The number of nitrogens with zero attached hydrogens (tertiary/aromatic N) is 1. The van der Waals surface area contributed by atoms with Crippen LogP contribution in [0, 0.1) is 0 Å². The van der Waals surface area contributed by atoms with Crippen LogP contribution in [0.15, 0.2) is 29.2 Å². The van der Waals surface area contributed by atoms with Gasteiger partial charge in [-0.25, -0.2) is 0 Å². The van der Waals surface area contributed by atoms with Gasteiger partial charge in [0, 0.05) is 58.8 Å². The second-order valence-electron chi connectivity index (χ2n) is 4.09. The van der Waals surface area contributed by atoms with E-state index in [0.717, 1.165) is 24.5 Å². The minimum Gasteiger partial charge on any atom is -0.361 e. The summed E-state index contributed by atoms with van der Waals surface area (Å²) in [7, 11) is -3.38. The number of thioether (sulfide) groups is 1. The van der Waals surface area contributed by atoms with E-state index < -0.39 is 10.1 Å². The number of benzene rings is 1. The molecule has 1 aromatic rings. The molecular weight excluding hydrogens is 325 g/mol. The Labute approximate surface area is 151 Å². The van der Waals surface area contributed by atoms with Crippen LogP contribution in [0.2, 0.25) is 0 Å². The summed E-state index contributed by atoms with van der Waals surface area (Å²) in [6, 6.07) is 8.20. The Kier molecular flexibility index (Phi) is 8.33. The smallest absolute Gasteiger partial charge is 0.278 e. The van der Waals surface area contributed by atoms with Crippen molar-refractivity contribution in [1.82, 2.24) is 0 Å².